The number of para-hydroxylation sites is 2. The zero-order valence-electron chi connectivity index (χ0n) is 15.1. The van der Waals surface area contributed by atoms with Crippen LogP contribution in [-0.4, -0.2) is 25.7 Å². The third-order valence-corrected chi connectivity index (χ3v) is 4.24. The second-order valence-electron chi connectivity index (χ2n) is 5.67. The lowest BCUT2D eigenvalue weighted by molar-refractivity contribution is -0.168. The summed E-state index contributed by atoms with van der Waals surface area (Å²) < 4.78 is 16.0. The first-order valence-electron chi connectivity index (χ1n) is 8.58. The van der Waals surface area contributed by atoms with Gasteiger partial charge in [0, 0.05) is 0 Å². The molecule has 0 atom stereocenters. The summed E-state index contributed by atoms with van der Waals surface area (Å²) >= 11 is 0. The summed E-state index contributed by atoms with van der Waals surface area (Å²) in [7, 11) is 1.50. The summed E-state index contributed by atoms with van der Waals surface area (Å²) in [6.07, 6.45) is 3.48. The molecule has 1 aromatic rings. The number of ether oxygens (including phenoxy) is 3. The van der Waals surface area contributed by atoms with Crippen molar-refractivity contribution in [3.05, 3.63) is 24.3 Å². The van der Waals surface area contributed by atoms with Crippen molar-refractivity contribution < 1.29 is 23.8 Å². The quantitative estimate of drug-likeness (QED) is 0.278. The minimum absolute atomic E-state index is 0.301. The van der Waals surface area contributed by atoms with E-state index >= 15 is 0 Å². The highest BCUT2D eigenvalue weighted by atomic mass is 16.6. The van der Waals surface area contributed by atoms with Crippen LogP contribution in [0.25, 0.3) is 0 Å². The number of benzene rings is 1. The Morgan fingerprint density at radius 2 is 1.58 bits per heavy atom. The monoisotopic (exact) mass is 336 g/mol. The van der Waals surface area contributed by atoms with Gasteiger partial charge in [0.2, 0.25) is 0 Å². The fourth-order valence-electron chi connectivity index (χ4n) is 2.47. The van der Waals surface area contributed by atoms with E-state index in [1.165, 1.54) is 7.11 Å². The van der Waals surface area contributed by atoms with Gasteiger partial charge in [-0.05, 0) is 31.4 Å². The third kappa shape index (κ3) is 4.73. The van der Waals surface area contributed by atoms with E-state index in [9.17, 15) is 9.59 Å². The molecule has 0 N–H and O–H groups in total. The van der Waals surface area contributed by atoms with Crippen molar-refractivity contribution in [2.45, 2.75) is 52.9 Å². The van der Waals surface area contributed by atoms with Gasteiger partial charge in [-0.2, -0.15) is 0 Å². The molecule has 134 valence electrons. The molecule has 0 heterocycles. The summed E-state index contributed by atoms with van der Waals surface area (Å²) in [5.41, 5.74) is -1.28. The van der Waals surface area contributed by atoms with E-state index in [0.717, 1.165) is 19.3 Å². The highest BCUT2D eigenvalue weighted by Crippen LogP contribution is 2.33. The number of unbranched alkanes of at least 4 members (excludes halogenated alkanes) is 2. The van der Waals surface area contributed by atoms with Gasteiger partial charge in [0.05, 0.1) is 13.7 Å². The van der Waals surface area contributed by atoms with Crippen molar-refractivity contribution in [3.63, 3.8) is 0 Å². The lowest BCUT2D eigenvalue weighted by Crippen LogP contribution is -2.42. The molecule has 0 fully saturated rings. The zero-order chi connectivity index (χ0) is 18.0. The van der Waals surface area contributed by atoms with Crippen molar-refractivity contribution in [2.24, 2.45) is 5.41 Å². The van der Waals surface area contributed by atoms with Crippen molar-refractivity contribution in [1.82, 2.24) is 0 Å². The minimum Gasteiger partial charge on any atom is -0.493 e. The second-order valence-corrected chi connectivity index (χ2v) is 5.67. The Morgan fingerprint density at radius 1 is 0.958 bits per heavy atom. The van der Waals surface area contributed by atoms with E-state index in [0.29, 0.717) is 30.9 Å². The van der Waals surface area contributed by atoms with Crippen LogP contribution in [0.3, 0.4) is 0 Å². The number of hydrogen-bond donors (Lipinski definition) is 0. The smallest absolute Gasteiger partial charge is 0.328 e. The molecule has 1 aromatic carbocycles. The Hall–Kier alpha value is -2.04. The molecule has 0 saturated heterocycles. The molecule has 0 aromatic heterocycles. The van der Waals surface area contributed by atoms with Crippen LogP contribution in [0.4, 0.5) is 0 Å². The molecule has 0 spiro atoms. The Kier molecular flexibility index (Phi) is 8.30. The molecular formula is C19H28O5. The van der Waals surface area contributed by atoms with Gasteiger partial charge in [-0.1, -0.05) is 45.7 Å². The van der Waals surface area contributed by atoms with Crippen molar-refractivity contribution in [2.75, 3.05) is 13.7 Å². The van der Waals surface area contributed by atoms with Crippen molar-refractivity contribution in [3.8, 4) is 11.5 Å². The average Bonchev–Trinajstić information content (AvgIpc) is 2.60. The maximum Gasteiger partial charge on any atom is 0.328 e. The molecule has 0 saturated carbocycles. The molecule has 0 aliphatic carbocycles. The molecule has 0 aliphatic rings. The molecule has 1 rings (SSSR count). The van der Waals surface area contributed by atoms with E-state index in [2.05, 4.69) is 6.92 Å². The standard InChI is InChI=1S/C19H28O5/c1-5-8-11-14-23-17(20)19(6-2,7-3)18(21)24-16-13-10-9-12-15(16)22-4/h9-10,12-13H,5-8,11,14H2,1-4H3. The number of methoxy groups -OCH3 is 1. The first kappa shape index (κ1) is 20.0. The SMILES string of the molecule is CCCCCOC(=O)C(CC)(CC)C(=O)Oc1ccccc1OC. The van der Waals surface area contributed by atoms with Crippen molar-refractivity contribution >= 4 is 11.9 Å². The summed E-state index contributed by atoms with van der Waals surface area (Å²) in [4.78, 5) is 25.2. The molecule has 24 heavy (non-hydrogen) atoms. The van der Waals surface area contributed by atoms with E-state index in [1.807, 2.05) is 0 Å². The molecule has 5 heteroatoms. The summed E-state index contributed by atoms with van der Waals surface area (Å²) in [5.74, 6) is -0.362. The van der Waals surface area contributed by atoms with Gasteiger partial charge >= 0.3 is 11.9 Å². The van der Waals surface area contributed by atoms with E-state index in [4.69, 9.17) is 14.2 Å². The Balaban J connectivity index is 2.88. The van der Waals surface area contributed by atoms with Crippen molar-refractivity contribution in [1.29, 1.82) is 0 Å². The lowest BCUT2D eigenvalue weighted by atomic mass is 9.82. The molecular weight excluding hydrogens is 308 g/mol. The van der Waals surface area contributed by atoms with Crippen LogP contribution in [0.15, 0.2) is 24.3 Å². The predicted molar refractivity (Wildman–Crippen MR) is 92.1 cm³/mol. The van der Waals surface area contributed by atoms with Gasteiger partial charge in [0.15, 0.2) is 16.9 Å². The van der Waals surface area contributed by atoms with Crippen LogP contribution < -0.4 is 9.47 Å². The van der Waals surface area contributed by atoms with E-state index < -0.39 is 17.4 Å². The first-order chi connectivity index (χ1) is 11.6. The number of rotatable bonds is 10. The normalized spacial score (nSPS) is 11.0. The molecule has 5 nitrogen and oxygen atoms in total. The Labute approximate surface area is 144 Å². The van der Waals surface area contributed by atoms with Crippen LogP contribution in [0.2, 0.25) is 0 Å². The van der Waals surface area contributed by atoms with Crippen LogP contribution in [0.1, 0.15) is 52.9 Å². The summed E-state index contributed by atoms with van der Waals surface area (Å²) in [6, 6.07) is 6.86. The highest BCUT2D eigenvalue weighted by molar-refractivity contribution is 6.00. The van der Waals surface area contributed by atoms with Crippen LogP contribution in [0, 0.1) is 5.41 Å². The molecule has 0 aliphatic heterocycles. The van der Waals surface area contributed by atoms with Gasteiger partial charge in [0.25, 0.3) is 0 Å². The fourth-order valence-corrected chi connectivity index (χ4v) is 2.47. The molecule has 0 bridgehead atoms. The third-order valence-electron chi connectivity index (χ3n) is 4.24. The van der Waals surface area contributed by atoms with Gasteiger partial charge in [-0.25, -0.2) is 0 Å². The van der Waals surface area contributed by atoms with Gasteiger partial charge in [-0.3, -0.25) is 9.59 Å². The fraction of sp³-hybridized carbons (Fsp3) is 0.579. The zero-order valence-corrected chi connectivity index (χ0v) is 15.1. The lowest BCUT2D eigenvalue weighted by Gasteiger charge is -2.27. The Morgan fingerprint density at radius 3 is 2.12 bits per heavy atom. The molecule has 0 radical (unpaired) electrons. The van der Waals surface area contributed by atoms with Gasteiger partial charge in [0.1, 0.15) is 0 Å². The molecule has 0 amide bonds. The summed E-state index contributed by atoms with van der Waals surface area (Å²) in [5, 5.41) is 0. The predicted octanol–water partition coefficient (Wildman–Crippen LogP) is 4.14. The second kappa shape index (κ2) is 9.96. The topological polar surface area (TPSA) is 61.8 Å². The van der Waals surface area contributed by atoms with E-state index in [1.54, 1.807) is 38.1 Å². The first-order valence-corrected chi connectivity index (χ1v) is 8.58. The van der Waals surface area contributed by atoms with E-state index in [-0.39, 0.29) is 0 Å². The van der Waals surface area contributed by atoms with Crippen LogP contribution in [-0.2, 0) is 14.3 Å². The average molecular weight is 336 g/mol. The number of esters is 2. The van der Waals surface area contributed by atoms with Crippen LogP contribution in [0.5, 0.6) is 11.5 Å². The number of carbonyl (C=O) groups excluding carboxylic acids is 2. The summed E-state index contributed by atoms with van der Waals surface area (Å²) in [6.45, 7) is 5.99. The minimum atomic E-state index is -1.28. The Bertz CT molecular complexity index is 534. The number of hydrogen-bond acceptors (Lipinski definition) is 5. The maximum absolute atomic E-state index is 12.7. The number of carbonyl (C=O) groups is 2. The largest absolute Gasteiger partial charge is 0.493 e. The maximum atomic E-state index is 12.7. The van der Waals surface area contributed by atoms with Gasteiger partial charge in [-0.15, -0.1) is 0 Å². The van der Waals surface area contributed by atoms with Crippen LogP contribution >= 0.6 is 0 Å². The highest BCUT2D eigenvalue weighted by Gasteiger charge is 2.46. The molecule has 0 unspecified atom stereocenters. The van der Waals surface area contributed by atoms with Gasteiger partial charge < -0.3 is 14.2 Å².